The van der Waals surface area contributed by atoms with Gasteiger partial charge >= 0.3 is 6.03 Å². The van der Waals surface area contributed by atoms with Crippen molar-refractivity contribution in [1.29, 1.82) is 0 Å². The van der Waals surface area contributed by atoms with Crippen molar-refractivity contribution in [3.8, 4) is 0 Å². The van der Waals surface area contributed by atoms with Crippen LogP contribution in [0.3, 0.4) is 0 Å². The third kappa shape index (κ3) is 4.24. The Hall–Kier alpha value is -2.13. The van der Waals surface area contributed by atoms with Gasteiger partial charge in [0.2, 0.25) is 10.0 Å². The quantitative estimate of drug-likeness (QED) is 0.805. The molecule has 1 atom stereocenters. The van der Waals surface area contributed by atoms with E-state index in [0.717, 1.165) is 17.6 Å². The van der Waals surface area contributed by atoms with E-state index in [1.165, 1.54) is 0 Å². The second-order valence-electron chi connectivity index (χ2n) is 6.00. The molecule has 1 unspecified atom stereocenters. The molecule has 3 heterocycles. The minimum Gasteiger partial charge on any atom is -0.338 e. The van der Waals surface area contributed by atoms with Crippen LogP contribution in [0.15, 0.2) is 30.6 Å². The van der Waals surface area contributed by atoms with Gasteiger partial charge in [-0.25, -0.2) is 22.9 Å². The minimum absolute atomic E-state index is 0.170. The molecule has 2 aromatic heterocycles. The molecule has 0 aliphatic carbocycles. The first-order valence-corrected chi connectivity index (χ1v) is 9.72. The number of imidazole rings is 1. The predicted molar refractivity (Wildman–Crippen MR) is 90.3 cm³/mol. The van der Waals surface area contributed by atoms with Gasteiger partial charge in [-0.15, -0.1) is 0 Å². The van der Waals surface area contributed by atoms with Gasteiger partial charge in [0, 0.05) is 44.5 Å². The van der Waals surface area contributed by atoms with E-state index in [1.807, 2.05) is 35.0 Å². The van der Waals surface area contributed by atoms with Crippen molar-refractivity contribution in [3.63, 3.8) is 0 Å². The topological polar surface area (TPSA) is 95.8 Å². The molecular formula is C15H21N5O3S. The van der Waals surface area contributed by atoms with Crippen LogP contribution < -0.4 is 10.0 Å². The molecule has 0 saturated carbocycles. The molecule has 2 N–H and O–H groups in total. The zero-order valence-corrected chi connectivity index (χ0v) is 14.3. The number of nitrogens with one attached hydrogen (secondary N) is 2. The van der Waals surface area contributed by atoms with Crippen molar-refractivity contribution in [3.05, 3.63) is 36.3 Å². The fourth-order valence-corrected chi connectivity index (χ4v) is 3.66. The number of carbonyl (C=O) groups excluding carboxylic acids is 1. The summed E-state index contributed by atoms with van der Waals surface area (Å²) in [7, 11) is -3.24. The second-order valence-corrected chi connectivity index (χ2v) is 7.78. The van der Waals surface area contributed by atoms with E-state index in [4.69, 9.17) is 0 Å². The highest BCUT2D eigenvalue weighted by atomic mass is 32.2. The van der Waals surface area contributed by atoms with Crippen LogP contribution in [0.5, 0.6) is 0 Å². The molecule has 9 heteroatoms. The van der Waals surface area contributed by atoms with Crippen molar-refractivity contribution in [2.75, 3.05) is 25.9 Å². The molecule has 130 valence electrons. The Balaban J connectivity index is 1.46. The summed E-state index contributed by atoms with van der Waals surface area (Å²) in [6, 6.07) is 5.43. The number of likely N-dealkylation sites (tertiary alicyclic amines) is 1. The number of hydrogen-bond donors (Lipinski definition) is 2. The van der Waals surface area contributed by atoms with E-state index in [-0.39, 0.29) is 12.1 Å². The van der Waals surface area contributed by atoms with Gasteiger partial charge in [-0.05, 0) is 18.6 Å². The van der Waals surface area contributed by atoms with Gasteiger partial charge < -0.3 is 14.6 Å². The number of fused-ring (bicyclic) bond motifs is 1. The standard InChI is InChI=1S/C15H21N5O3S/c1-24(22,23)18-13-6-9-20(11-13)15(21)16-7-5-12-10-19-8-3-2-4-14(19)17-12/h2-4,8,10,13,18H,5-7,9,11H2,1H3,(H,16,21). The van der Waals surface area contributed by atoms with Gasteiger partial charge in [-0.2, -0.15) is 0 Å². The van der Waals surface area contributed by atoms with Crippen LogP contribution in [0.4, 0.5) is 4.79 Å². The summed E-state index contributed by atoms with van der Waals surface area (Å²) in [6.45, 7) is 1.43. The van der Waals surface area contributed by atoms with E-state index < -0.39 is 10.0 Å². The first kappa shape index (κ1) is 16.7. The minimum atomic E-state index is -3.24. The number of rotatable bonds is 5. The number of aromatic nitrogens is 2. The molecule has 0 spiro atoms. The predicted octanol–water partition coefficient (Wildman–Crippen LogP) is 0.210. The maximum absolute atomic E-state index is 12.1. The highest BCUT2D eigenvalue weighted by Crippen LogP contribution is 2.10. The van der Waals surface area contributed by atoms with Crippen LogP contribution >= 0.6 is 0 Å². The number of carbonyl (C=O) groups is 1. The molecule has 8 nitrogen and oxygen atoms in total. The van der Waals surface area contributed by atoms with Crippen LogP contribution in [0.25, 0.3) is 5.65 Å². The van der Waals surface area contributed by atoms with Crippen LogP contribution in [0, 0.1) is 0 Å². The molecular weight excluding hydrogens is 330 g/mol. The molecule has 1 aliphatic rings. The number of urea groups is 1. The number of amides is 2. The summed E-state index contributed by atoms with van der Waals surface area (Å²) < 4.78 is 26.9. The SMILES string of the molecule is CS(=O)(=O)NC1CCN(C(=O)NCCc2cn3ccccc3n2)C1. The van der Waals surface area contributed by atoms with Crippen molar-refractivity contribution >= 4 is 21.7 Å². The summed E-state index contributed by atoms with van der Waals surface area (Å²) in [5.41, 5.74) is 1.80. The monoisotopic (exact) mass is 351 g/mol. The highest BCUT2D eigenvalue weighted by molar-refractivity contribution is 7.88. The van der Waals surface area contributed by atoms with E-state index in [9.17, 15) is 13.2 Å². The van der Waals surface area contributed by atoms with Crippen LogP contribution in [0.2, 0.25) is 0 Å². The zero-order chi connectivity index (χ0) is 17.2. The highest BCUT2D eigenvalue weighted by Gasteiger charge is 2.27. The van der Waals surface area contributed by atoms with Gasteiger partial charge in [0.15, 0.2) is 0 Å². The molecule has 2 amide bonds. The Morgan fingerprint density at radius 1 is 1.42 bits per heavy atom. The number of sulfonamides is 1. The fraction of sp³-hybridized carbons (Fsp3) is 0.467. The van der Waals surface area contributed by atoms with E-state index in [2.05, 4.69) is 15.0 Å². The molecule has 1 fully saturated rings. The fourth-order valence-electron chi connectivity index (χ4n) is 2.86. The van der Waals surface area contributed by atoms with Crippen LogP contribution in [-0.2, 0) is 16.4 Å². The van der Waals surface area contributed by atoms with Gasteiger partial charge in [0.1, 0.15) is 5.65 Å². The molecule has 0 radical (unpaired) electrons. The van der Waals surface area contributed by atoms with Crippen LogP contribution in [0.1, 0.15) is 12.1 Å². The average molecular weight is 351 g/mol. The van der Waals surface area contributed by atoms with Crippen molar-refractivity contribution in [1.82, 2.24) is 24.3 Å². The van der Waals surface area contributed by atoms with Crippen LogP contribution in [-0.4, -0.2) is 60.7 Å². The Bertz CT molecular complexity index is 800. The normalized spacial score (nSPS) is 18.2. The van der Waals surface area contributed by atoms with Gasteiger partial charge in [-0.1, -0.05) is 6.07 Å². The average Bonchev–Trinajstić information content (AvgIpc) is 3.11. The molecule has 0 aromatic carbocycles. The summed E-state index contributed by atoms with van der Waals surface area (Å²) in [5.74, 6) is 0. The summed E-state index contributed by atoms with van der Waals surface area (Å²) >= 11 is 0. The molecule has 2 aromatic rings. The molecule has 3 rings (SSSR count). The van der Waals surface area contributed by atoms with Gasteiger partial charge in [0.05, 0.1) is 11.9 Å². The zero-order valence-electron chi connectivity index (χ0n) is 13.5. The lowest BCUT2D eigenvalue weighted by atomic mass is 10.3. The molecule has 1 saturated heterocycles. The molecule has 24 heavy (non-hydrogen) atoms. The second kappa shape index (κ2) is 6.78. The first-order chi connectivity index (χ1) is 11.4. The number of pyridine rings is 1. The Morgan fingerprint density at radius 2 is 2.25 bits per heavy atom. The number of hydrogen-bond acceptors (Lipinski definition) is 4. The van der Waals surface area contributed by atoms with Gasteiger partial charge in [0.25, 0.3) is 0 Å². The third-order valence-corrected chi connectivity index (χ3v) is 4.69. The summed E-state index contributed by atoms with van der Waals surface area (Å²) in [4.78, 5) is 18.2. The Morgan fingerprint density at radius 3 is 3.00 bits per heavy atom. The molecule has 1 aliphatic heterocycles. The van der Waals surface area contributed by atoms with E-state index in [1.54, 1.807) is 4.90 Å². The third-order valence-electron chi connectivity index (χ3n) is 3.93. The molecule has 0 bridgehead atoms. The lowest BCUT2D eigenvalue weighted by molar-refractivity contribution is 0.208. The van der Waals surface area contributed by atoms with E-state index in [0.29, 0.717) is 32.5 Å². The number of nitrogens with zero attached hydrogens (tertiary/aromatic N) is 3. The van der Waals surface area contributed by atoms with Gasteiger partial charge in [-0.3, -0.25) is 0 Å². The van der Waals surface area contributed by atoms with Crippen molar-refractivity contribution in [2.45, 2.75) is 18.9 Å². The van der Waals surface area contributed by atoms with E-state index >= 15 is 0 Å². The lowest BCUT2D eigenvalue weighted by Gasteiger charge is -2.17. The smallest absolute Gasteiger partial charge is 0.317 e. The largest absolute Gasteiger partial charge is 0.338 e. The first-order valence-electron chi connectivity index (χ1n) is 7.83. The summed E-state index contributed by atoms with van der Waals surface area (Å²) in [6.07, 6.45) is 6.29. The Labute approximate surface area is 140 Å². The van der Waals surface area contributed by atoms with Crippen molar-refractivity contribution in [2.24, 2.45) is 0 Å². The Kier molecular flexibility index (Phi) is 4.72. The van der Waals surface area contributed by atoms with Crippen molar-refractivity contribution < 1.29 is 13.2 Å². The maximum Gasteiger partial charge on any atom is 0.317 e. The summed E-state index contributed by atoms with van der Waals surface area (Å²) in [5, 5.41) is 2.86. The lowest BCUT2D eigenvalue weighted by Crippen LogP contribution is -2.42. The maximum atomic E-state index is 12.1.